The van der Waals surface area contributed by atoms with Gasteiger partial charge in [-0.25, -0.2) is 9.37 Å². The Morgan fingerprint density at radius 1 is 1.03 bits per heavy atom. The fraction of sp³-hybridized carbons (Fsp3) is 0.286. The molecule has 0 spiro atoms. The standard InChI is InChI=1S/C21H21F4N5O/c1-12(2)17(11-31)28-20-27-16(15-8-3-4-9-26-15)10-18(30-20)29-19-13(21(23,24)25)6-5-7-14(19)22/h3-10,12,17,31H,11H2,1-2H3,(H2,27,28,29,30)/t17-/m1/s1. The molecule has 2 heterocycles. The minimum Gasteiger partial charge on any atom is -0.394 e. The number of pyridine rings is 1. The number of alkyl halides is 3. The van der Waals surface area contributed by atoms with Gasteiger partial charge >= 0.3 is 6.18 Å². The molecule has 6 nitrogen and oxygen atoms in total. The zero-order chi connectivity index (χ0) is 22.6. The van der Waals surface area contributed by atoms with E-state index in [9.17, 15) is 22.7 Å². The lowest BCUT2D eigenvalue weighted by Crippen LogP contribution is -2.30. The normalized spacial score (nSPS) is 12.6. The lowest BCUT2D eigenvalue weighted by Gasteiger charge is -2.21. The molecule has 3 N–H and O–H groups in total. The fourth-order valence-corrected chi connectivity index (χ4v) is 2.83. The van der Waals surface area contributed by atoms with E-state index in [0.29, 0.717) is 11.4 Å². The van der Waals surface area contributed by atoms with Crippen LogP contribution in [-0.4, -0.2) is 32.7 Å². The van der Waals surface area contributed by atoms with Crippen LogP contribution < -0.4 is 10.6 Å². The molecule has 0 bridgehead atoms. The molecule has 0 aliphatic rings. The number of aliphatic hydroxyl groups is 1. The molecule has 1 atom stereocenters. The van der Waals surface area contributed by atoms with Gasteiger partial charge in [-0.05, 0) is 30.2 Å². The Labute approximate surface area is 176 Å². The third-order valence-electron chi connectivity index (χ3n) is 4.54. The summed E-state index contributed by atoms with van der Waals surface area (Å²) in [4.78, 5) is 12.7. The highest BCUT2D eigenvalue weighted by Gasteiger charge is 2.35. The summed E-state index contributed by atoms with van der Waals surface area (Å²) >= 11 is 0. The predicted octanol–water partition coefficient (Wildman–Crippen LogP) is 4.87. The van der Waals surface area contributed by atoms with E-state index < -0.39 is 29.3 Å². The van der Waals surface area contributed by atoms with Crippen LogP contribution in [0, 0.1) is 11.7 Å². The molecule has 0 fully saturated rings. The first-order valence-corrected chi connectivity index (χ1v) is 9.49. The Morgan fingerprint density at radius 3 is 2.42 bits per heavy atom. The van der Waals surface area contributed by atoms with Crippen molar-refractivity contribution < 1.29 is 22.7 Å². The topological polar surface area (TPSA) is 83.0 Å². The molecule has 0 saturated heterocycles. The maximum absolute atomic E-state index is 14.3. The molecule has 3 aromatic rings. The SMILES string of the molecule is CC(C)[C@@H](CO)Nc1nc(Nc2c(F)cccc2C(F)(F)F)cc(-c2ccccn2)n1. The Bertz CT molecular complexity index is 1030. The molecule has 0 radical (unpaired) electrons. The van der Waals surface area contributed by atoms with Crippen molar-refractivity contribution in [1.82, 2.24) is 15.0 Å². The molecular weight excluding hydrogens is 414 g/mol. The molecule has 0 aliphatic carbocycles. The summed E-state index contributed by atoms with van der Waals surface area (Å²) in [5, 5.41) is 15.0. The molecule has 0 amide bonds. The Balaban J connectivity index is 2.07. The Hall–Kier alpha value is -3.27. The molecule has 2 aromatic heterocycles. The summed E-state index contributed by atoms with van der Waals surface area (Å²) in [6.45, 7) is 3.55. The average molecular weight is 435 g/mol. The summed E-state index contributed by atoms with van der Waals surface area (Å²) in [5.74, 6) is -1.05. The van der Waals surface area contributed by atoms with Crippen LogP contribution in [0.1, 0.15) is 19.4 Å². The highest BCUT2D eigenvalue weighted by molar-refractivity contribution is 5.67. The van der Waals surface area contributed by atoms with Crippen molar-refractivity contribution in [2.75, 3.05) is 17.2 Å². The number of nitrogens with zero attached hydrogens (tertiary/aromatic N) is 3. The van der Waals surface area contributed by atoms with Gasteiger partial charge in [-0.3, -0.25) is 4.98 Å². The van der Waals surface area contributed by atoms with Crippen LogP contribution in [0.25, 0.3) is 11.4 Å². The van der Waals surface area contributed by atoms with Gasteiger partial charge in [0.1, 0.15) is 11.6 Å². The van der Waals surface area contributed by atoms with Crippen molar-refractivity contribution in [1.29, 1.82) is 0 Å². The Kier molecular flexibility index (Phi) is 6.69. The highest BCUT2D eigenvalue weighted by Crippen LogP contribution is 2.37. The summed E-state index contributed by atoms with van der Waals surface area (Å²) in [5.41, 5.74) is -1.14. The van der Waals surface area contributed by atoms with Crippen LogP contribution in [0.15, 0.2) is 48.7 Å². The zero-order valence-electron chi connectivity index (χ0n) is 16.8. The Morgan fingerprint density at radius 2 is 1.81 bits per heavy atom. The van der Waals surface area contributed by atoms with Gasteiger partial charge in [-0.1, -0.05) is 26.0 Å². The number of aliphatic hydroxyl groups excluding tert-OH is 1. The minimum atomic E-state index is -4.76. The monoisotopic (exact) mass is 435 g/mol. The van der Waals surface area contributed by atoms with Crippen molar-refractivity contribution in [3.63, 3.8) is 0 Å². The second kappa shape index (κ2) is 9.25. The number of para-hydroxylation sites is 1. The molecule has 0 saturated carbocycles. The molecule has 3 rings (SSSR count). The van der Waals surface area contributed by atoms with Crippen molar-refractivity contribution in [2.45, 2.75) is 26.1 Å². The third kappa shape index (κ3) is 5.46. The predicted molar refractivity (Wildman–Crippen MR) is 109 cm³/mol. The van der Waals surface area contributed by atoms with Gasteiger partial charge in [-0.15, -0.1) is 0 Å². The quantitative estimate of drug-likeness (QED) is 0.460. The van der Waals surface area contributed by atoms with E-state index in [1.807, 2.05) is 13.8 Å². The molecule has 0 unspecified atom stereocenters. The number of benzene rings is 1. The van der Waals surface area contributed by atoms with Gasteiger partial charge < -0.3 is 15.7 Å². The van der Waals surface area contributed by atoms with E-state index >= 15 is 0 Å². The third-order valence-corrected chi connectivity index (χ3v) is 4.54. The number of anilines is 3. The molecule has 1 aromatic carbocycles. The summed E-state index contributed by atoms with van der Waals surface area (Å²) in [7, 11) is 0. The van der Waals surface area contributed by atoms with Crippen LogP contribution >= 0.6 is 0 Å². The first-order chi connectivity index (χ1) is 14.7. The van der Waals surface area contributed by atoms with Crippen LogP contribution in [-0.2, 0) is 6.18 Å². The first-order valence-electron chi connectivity index (χ1n) is 9.49. The van der Waals surface area contributed by atoms with Gasteiger partial charge in [0, 0.05) is 12.3 Å². The smallest absolute Gasteiger partial charge is 0.394 e. The van der Waals surface area contributed by atoms with E-state index in [1.54, 1.807) is 24.4 Å². The summed E-state index contributed by atoms with van der Waals surface area (Å²) in [6.07, 6.45) is -3.22. The zero-order valence-corrected chi connectivity index (χ0v) is 16.8. The van der Waals surface area contributed by atoms with E-state index in [2.05, 4.69) is 25.6 Å². The van der Waals surface area contributed by atoms with Crippen LogP contribution in [0.5, 0.6) is 0 Å². The van der Waals surface area contributed by atoms with Crippen molar-refractivity contribution >= 4 is 17.5 Å². The summed E-state index contributed by atoms with van der Waals surface area (Å²) in [6, 6.07) is 8.79. The highest BCUT2D eigenvalue weighted by atomic mass is 19.4. The fourth-order valence-electron chi connectivity index (χ4n) is 2.83. The van der Waals surface area contributed by atoms with E-state index in [-0.39, 0.29) is 24.3 Å². The van der Waals surface area contributed by atoms with Crippen molar-refractivity contribution in [3.8, 4) is 11.4 Å². The van der Waals surface area contributed by atoms with Crippen LogP contribution in [0.3, 0.4) is 0 Å². The number of rotatable bonds is 7. The van der Waals surface area contributed by atoms with Gasteiger partial charge in [0.25, 0.3) is 0 Å². The number of aromatic nitrogens is 3. The second-order valence-corrected chi connectivity index (χ2v) is 7.14. The maximum atomic E-state index is 14.3. The minimum absolute atomic E-state index is 0.0203. The van der Waals surface area contributed by atoms with E-state index in [4.69, 9.17) is 0 Å². The van der Waals surface area contributed by atoms with Gasteiger partial charge in [0.15, 0.2) is 0 Å². The van der Waals surface area contributed by atoms with Gasteiger partial charge in [0.2, 0.25) is 5.95 Å². The van der Waals surface area contributed by atoms with Crippen molar-refractivity contribution in [3.05, 3.63) is 60.0 Å². The number of hydrogen-bond donors (Lipinski definition) is 3. The largest absolute Gasteiger partial charge is 0.418 e. The molecule has 164 valence electrons. The van der Waals surface area contributed by atoms with Gasteiger partial charge in [-0.2, -0.15) is 18.2 Å². The number of halogens is 4. The van der Waals surface area contributed by atoms with Crippen molar-refractivity contribution in [2.24, 2.45) is 5.92 Å². The second-order valence-electron chi connectivity index (χ2n) is 7.14. The molecule has 31 heavy (non-hydrogen) atoms. The number of hydrogen-bond acceptors (Lipinski definition) is 6. The van der Waals surface area contributed by atoms with Crippen LogP contribution in [0.4, 0.5) is 35.0 Å². The molecule has 10 heteroatoms. The lowest BCUT2D eigenvalue weighted by atomic mass is 10.1. The van der Waals surface area contributed by atoms with Gasteiger partial charge in [0.05, 0.1) is 35.3 Å². The number of nitrogens with one attached hydrogen (secondary N) is 2. The lowest BCUT2D eigenvalue weighted by molar-refractivity contribution is -0.137. The van der Waals surface area contributed by atoms with E-state index in [1.165, 1.54) is 6.07 Å². The summed E-state index contributed by atoms with van der Waals surface area (Å²) < 4.78 is 54.4. The maximum Gasteiger partial charge on any atom is 0.418 e. The van der Waals surface area contributed by atoms with Crippen LogP contribution in [0.2, 0.25) is 0 Å². The first kappa shape index (κ1) is 22.4. The molecule has 0 aliphatic heterocycles. The average Bonchev–Trinajstić information content (AvgIpc) is 2.73. The van der Waals surface area contributed by atoms with E-state index in [0.717, 1.165) is 18.2 Å². The molecular formula is C21H21F4N5O.